The first-order valence-corrected chi connectivity index (χ1v) is 16.5. The Morgan fingerprint density at radius 3 is 2.31 bits per heavy atom. The summed E-state index contributed by atoms with van der Waals surface area (Å²) >= 11 is 0. The Bertz CT molecular complexity index is 1130. The van der Waals surface area contributed by atoms with E-state index in [9.17, 15) is 22.8 Å². The Labute approximate surface area is 233 Å². The second kappa shape index (κ2) is 12.5. The molecule has 1 saturated carbocycles. The summed E-state index contributed by atoms with van der Waals surface area (Å²) in [4.78, 5) is 42.7. The molecule has 9 heteroatoms. The third kappa shape index (κ3) is 6.56. The zero-order valence-electron chi connectivity index (χ0n) is 23.8. The van der Waals surface area contributed by atoms with Crippen molar-refractivity contribution in [1.29, 1.82) is 0 Å². The number of rotatable bonds is 10. The minimum absolute atomic E-state index is 0.00920. The van der Waals surface area contributed by atoms with Crippen LogP contribution in [0.3, 0.4) is 0 Å². The SMILES string of the molecule is CC[C@@H](C)C(=O)N[C@H](C(=O)N1CC[C@@H]2[C@H]1[C@@H](C(=O)C[C@@H](C)c1ccccc1)CN2S(C)(=O)=O)C1CCCCC1. The van der Waals surface area contributed by atoms with Crippen molar-refractivity contribution in [3.05, 3.63) is 35.9 Å². The lowest BCUT2D eigenvalue weighted by molar-refractivity contribution is -0.141. The third-order valence-electron chi connectivity index (χ3n) is 9.32. The van der Waals surface area contributed by atoms with Gasteiger partial charge in [0.15, 0.2) is 0 Å². The zero-order valence-corrected chi connectivity index (χ0v) is 24.7. The van der Waals surface area contributed by atoms with E-state index in [1.807, 2.05) is 51.1 Å². The second-order valence-electron chi connectivity index (χ2n) is 12.0. The monoisotopic (exact) mass is 559 g/mol. The molecule has 0 spiro atoms. The van der Waals surface area contributed by atoms with Crippen molar-refractivity contribution in [2.75, 3.05) is 19.3 Å². The summed E-state index contributed by atoms with van der Waals surface area (Å²) in [5.41, 5.74) is 1.06. The van der Waals surface area contributed by atoms with E-state index in [2.05, 4.69) is 5.32 Å². The molecule has 216 valence electrons. The molecule has 0 aromatic heterocycles. The third-order valence-corrected chi connectivity index (χ3v) is 10.6. The van der Waals surface area contributed by atoms with Crippen molar-refractivity contribution in [2.45, 2.75) is 96.2 Å². The van der Waals surface area contributed by atoms with E-state index in [0.717, 1.165) is 37.7 Å². The maximum atomic E-state index is 14.2. The van der Waals surface area contributed by atoms with Crippen molar-refractivity contribution < 1.29 is 22.8 Å². The van der Waals surface area contributed by atoms with Gasteiger partial charge in [-0.25, -0.2) is 8.42 Å². The topological polar surface area (TPSA) is 104 Å². The highest BCUT2D eigenvalue weighted by molar-refractivity contribution is 7.88. The summed E-state index contributed by atoms with van der Waals surface area (Å²) in [6.07, 6.45) is 7.60. The van der Waals surface area contributed by atoms with Gasteiger partial charge in [-0.3, -0.25) is 14.4 Å². The highest BCUT2D eigenvalue weighted by Crippen LogP contribution is 2.40. The van der Waals surface area contributed by atoms with Crippen LogP contribution in [0.1, 0.15) is 83.6 Å². The number of amides is 2. The molecule has 3 fully saturated rings. The predicted octanol–water partition coefficient (Wildman–Crippen LogP) is 3.72. The summed E-state index contributed by atoms with van der Waals surface area (Å²) in [5.74, 6) is -1.03. The molecule has 39 heavy (non-hydrogen) atoms. The van der Waals surface area contributed by atoms with Crippen LogP contribution in [0, 0.1) is 17.8 Å². The van der Waals surface area contributed by atoms with E-state index in [1.54, 1.807) is 4.90 Å². The molecule has 1 aromatic rings. The van der Waals surface area contributed by atoms with Crippen LogP contribution in [0.15, 0.2) is 30.3 Å². The fourth-order valence-corrected chi connectivity index (χ4v) is 7.98. The van der Waals surface area contributed by atoms with Crippen LogP contribution >= 0.6 is 0 Å². The Hall–Kier alpha value is -2.26. The number of hydrogen-bond acceptors (Lipinski definition) is 5. The Morgan fingerprint density at radius 2 is 1.69 bits per heavy atom. The normalized spacial score (nSPS) is 26.6. The lowest BCUT2D eigenvalue weighted by Gasteiger charge is -2.36. The van der Waals surface area contributed by atoms with Crippen molar-refractivity contribution in [3.63, 3.8) is 0 Å². The van der Waals surface area contributed by atoms with Gasteiger partial charge in [0.25, 0.3) is 0 Å². The first kappa shape index (κ1) is 29.7. The van der Waals surface area contributed by atoms with Gasteiger partial charge in [-0.05, 0) is 43.1 Å². The minimum atomic E-state index is -3.55. The zero-order chi connectivity index (χ0) is 28.3. The van der Waals surface area contributed by atoms with Gasteiger partial charge in [0.2, 0.25) is 21.8 Å². The molecule has 2 amide bonds. The average Bonchev–Trinajstić information content (AvgIpc) is 3.52. The van der Waals surface area contributed by atoms with Crippen LogP contribution in [0.2, 0.25) is 0 Å². The van der Waals surface area contributed by atoms with Gasteiger partial charge >= 0.3 is 0 Å². The summed E-state index contributed by atoms with van der Waals surface area (Å²) < 4.78 is 26.9. The molecule has 2 heterocycles. The van der Waals surface area contributed by atoms with E-state index in [1.165, 1.54) is 10.6 Å². The molecule has 6 atom stereocenters. The van der Waals surface area contributed by atoms with Crippen molar-refractivity contribution >= 4 is 27.6 Å². The molecule has 0 unspecified atom stereocenters. The fourth-order valence-electron chi connectivity index (χ4n) is 6.83. The van der Waals surface area contributed by atoms with Gasteiger partial charge in [-0.15, -0.1) is 0 Å². The van der Waals surface area contributed by atoms with Gasteiger partial charge in [0.05, 0.1) is 18.2 Å². The lowest BCUT2D eigenvalue weighted by Crippen LogP contribution is -2.56. The molecule has 1 N–H and O–H groups in total. The molecule has 1 aliphatic carbocycles. The lowest BCUT2D eigenvalue weighted by atomic mass is 9.82. The number of Topliss-reactive ketones (excluding diaryl/α,β-unsaturated/α-hetero) is 1. The van der Waals surface area contributed by atoms with Crippen LogP contribution < -0.4 is 5.32 Å². The van der Waals surface area contributed by atoms with E-state index < -0.39 is 34.1 Å². The van der Waals surface area contributed by atoms with Gasteiger partial charge < -0.3 is 10.2 Å². The number of likely N-dealkylation sites (tertiary alicyclic amines) is 1. The van der Waals surface area contributed by atoms with Gasteiger partial charge in [-0.1, -0.05) is 70.4 Å². The number of sulfonamides is 1. The molecular weight excluding hydrogens is 514 g/mol. The molecule has 4 rings (SSSR count). The Morgan fingerprint density at radius 1 is 1.03 bits per heavy atom. The molecule has 1 aromatic carbocycles. The molecule has 2 saturated heterocycles. The first-order valence-electron chi connectivity index (χ1n) is 14.7. The summed E-state index contributed by atoms with van der Waals surface area (Å²) in [7, 11) is -3.55. The molecule has 8 nitrogen and oxygen atoms in total. The molecule has 2 aliphatic heterocycles. The standard InChI is InChI=1S/C30H45N3O5S/c1-5-20(2)29(35)31-27(23-14-10-7-11-15-23)30(36)32-17-16-25-28(32)24(19-33(25)39(4,37)38)26(34)18-21(3)22-12-8-6-9-13-22/h6,8-9,12-13,20-21,23-25,27-28H,5,7,10-11,14-19H2,1-4H3,(H,31,35)/t20-,21-,24-,25-,27+,28-/m1/s1. The van der Waals surface area contributed by atoms with Crippen molar-refractivity contribution in [1.82, 2.24) is 14.5 Å². The van der Waals surface area contributed by atoms with E-state index >= 15 is 0 Å². The van der Waals surface area contributed by atoms with E-state index in [4.69, 9.17) is 0 Å². The van der Waals surface area contributed by atoms with Crippen LogP contribution in [0.25, 0.3) is 0 Å². The average molecular weight is 560 g/mol. The molecule has 0 radical (unpaired) electrons. The highest BCUT2D eigenvalue weighted by atomic mass is 32.2. The van der Waals surface area contributed by atoms with Gasteiger partial charge in [0, 0.05) is 31.5 Å². The summed E-state index contributed by atoms with van der Waals surface area (Å²) in [6.45, 7) is 6.33. The number of carbonyl (C=O) groups excluding carboxylic acids is 3. The number of nitrogens with one attached hydrogen (secondary N) is 1. The van der Waals surface area contributed by atoms with E-state index in [0.29, 0.717) is 19.4 Å². The second-order valence-corrected chi connectivity index (χ2v) is 13.9. The fraction of sp³-hybridized carbons (Fsp3) is 0.700. The van der Waals surface area contributed by atoms with Gasteiger partial charge in [-0.2, -0.15) is 4.31 Å². The first-order chi connectivity index (χ1) is 18.5. The number of carbonyl (C=O) groups is 3. The van der Waals surface area contributed by atoms with Crippen LogP contribution in [-0.2, 0) is 24.4 Å². The number of fused-ring (bicyclic) bond motifs is 1. The largest absolute Gasteiger partial charge is 0.344 e. The van der Waals surface area contributed by atoms with Crippen molar-refractivity contribution in [3.8, 4) is 0 Å². The highest BCUT2D eigenvalue weighted by Gasteiger charge is 2.56. The number of nitrogens with zero attached hydrogens (tertiary/aromatic N) is 2. The predicted molar refractivity (Wildman–Crippen MR) is 151 cm³/mol. The summed E-state index contributed by atoms with van der Waals surface area (Å²) in [6, 6.07) is 8.27. The maximum absolute atomic E-state index is 14.2. The molecule has 0 bridgehead atoms. The number of hydrogen-bond donors (Lipinski definition) is 1. The Balaban J connectivity index is 1.60. The van der Waals surface area contributed by atoms with Crippen molar-refractivity contribution in [2.24, 2.45) is 17.8 Å². The van der Waals surface area contributed by atoms with Gasteiger partial charge in [0.1, 0.15) is 11.8 Å². The van der Waals surface area contributed by atoms with E-state index in [-0.39, 0.29) is 48.3 Å². The Kier molecular flexibility index (Phi) is 9.53. The number of ketones is 1. The smallest absolute Gasteiger partial charge is 0.245 e. The maximum Gasteiger partial charge on any atom is 0.245 e. The van der Waals surface area contributed by atoms with Crippen LogP contribution in [0.5, 0.6) is 0 Å². The minimum Gasteiger partial charge on any atom is -0.344 e. The van der Waals surface area contributed by atoms with Crippen LogP contribution in [-0.4, -0.2) is 72.7 Å². The van der Waals surface area contributed by atoms with Crippen LogP contribution in [0.4, 0.5) is 0 Å². The molecular formula is C30H45N3O5S. The quantitative estimate of drug-likeness (QED) is 0.471. The summed E-state index contributed by atoms with van der Waals surface area (Å²) in [5, 5.41) is 3.09. The number of benzene rings is 1. The molecule has 3 aliphatic rings.